The van der Waals surface area contributed by atoms with Gasteiger partial charge in [-0.25, -0.2) is 4.79 Å². The fourth-order valence-electron chi connectivity index (χ4n) is 2.66. The minimum absolute atomic E-state index is 0.166. The third-order valence-electron chi connectivity index (χ3n) is 4.15. The molecule has 1 atom stereocenters. The summed E-state index contributed by atoms with van der Waals surface area (Å²) in [5.74, 6) is 4.42. The van der Waals surface area contributed by atoms with Crippen LogP contribution in [0.3, 0.4) is 0 Å². The van der Waals surface area contributed by atoms with Crippen molar-refractivity contribution in [1.82, 2.24) is 0 Å². The lowest BCUT2D eigenvalue weighted by molar-refractivity contribution is -0.136. The number of benzene rings is 2. The first-order valence-electron chi connectivity index (χ1n) is 8.82. The van der Waals surface area contributed by atoms with Crippen LogP contribution in [0.25, 0.3) is 0 Å². The Morgan fingerprint density at radius 1 is 1.10 bits per heavy atom. The molecule has 0 aliphatic carbocycles. The second kappa shape index (κ2) is 9.96. The standard InChI is InChI=1S/C21H23ClNO5P/c1-5-28-20(24)14-15-21(29(25,26-3)27-4,17-8-10-18(22)11-9-17)23-19-12-6-16(2)7-13-19/h6-13,23H,5H2,1-4H3. The molecule has 29 heavy (non-hydrogen) atoms. The summed E-state index contributed by atoms with van der Waals surface area (Å²) in [6, 6.07) is 13.9. The van der Waals surface area contributed by atoms with Crippen molar-refractivity contribution in [2.45, 2.75) is 19.1 Å². The van der Waals surface area contributed by atoms with Crippen molar-refractivity contribution in [3.63, 3.8) is 0 Å². The Kier molecular flexibility index (Phi) is 7.89. The zero-order valence-corrected chi connectivity index (χ0v) is 18.3. The maximum Gasteiger partial charge on any atom is 0.384 e. The smallest absolute Gasteiger partial charge is 0.384 e. The normalized spacial score (nSPS) is 13.0. The largest absolute Gasteiger partial charge is 0.456 e. The van der Waals surface area contributed by atoms with Crippen molar-refractivity contribution in [2.24, 2.45) is 0 Å². The molecule has 0 saturated carbocycles. The molecule has 0 heterocycles. The number of esters is 1. The highest BCUT2D eigenvalue weighted by Gasteiger charge is 2.51. The summed E-state index contributed by atoms with van der Waals surface area (Å²) >= 11 is 6.03. The van der Waals surface area contributed by atoms with Gasteiger partial charge in [-0.15, -0.1) is 0 Å². The van der Waals surface area contributed by atoms with E-state index in [4.69, 9.17) is 25.4 Å². The van der Waals surface area contributed by atoms with Crippen LogP contribution < -0.4 is 5.32 Å². The van der Waals surface area contributed by atoms with Crippen LogP contribution in [-0.4, -0.2) is 26.8 Å². The molecule has 0 aliphatic rings. The van der Waals surface area contributed by atoms with Gasteiger partial charge in [0.1, 0.15) is 0 Å². The van der Waals surface area contributed by atoms with Crippen molar-refractivity contribution in [2.75, 3.05) is 26.1 Å². The van der Waals surface area contributed by atoms with E-state index in [1.165, 1.54) is 14.2 Å². The van der Waals surface area contributed by atoms with E-state index in [2.05, 4.69) is 17.2 Å². The molecule has 0 aliphatic heterocycles. The molecular formula is C21H23ClNO5P. The highest BCUT2D eigenvalue weighted by atomic mass is 35.5. The van der Waals surface area contributed by atoms with Gasteiger partial charge < -0.3 is 19.1 Å². The first kappa shape index (κ1) is 23.0. The number of halogens is 1. The van der Waals surface area contributed by atoms with Crippen LogP contribution in [0, 0.1) is 18.8 Å². The minimum atomic E-state index is -3.95. The van der Waals surface area contributed by atoms with Crippen LogP contribution in [0.2, 0.25) is 5.02 Å². The lowest BCUT2D eigenvalue weighted by Crippen LogP contribution is -2.35. The van der Waals surface area contributed by atoms with E-state index in [0.29, 0.717) is 16.3 Å². The van der Waals surface area contributed by atoms with E-state index in [-0.39, 0.29) is 6.61 Å². The van der Waals surface area contributed by atoms with Crippen molar-refractivity contribution in [3.8, 4) is 11.8 Å². The molecule has 2 aromatic rings. The molecule has 6 nitrogen and oxygen atoms in total. The van der Waals surface area contributed by atoms with Crippen molar-refractivity contribution < 1.29 is 23.1 Å². The SMILES string of the molecule is CCOC(=O)C#CC(Nc1ccc(C)cc1)(c1ccc(Cl)cc1)P(=O)(OC)OC. The zero-order valence-electron chi connectivity index (χ0n) is 16.7. The minimum Gasteiger partial charge on any atom is -0.456 e. The number of hydrogen-bond donors (Lipinski definition) is 1. The average Bonchev–Trinajstić information content (AvgIpc) is 2.73. The Hall–Kier alpha value is -2.29. The summed E-state index contributed by atoms with van der Waals surface area (Å²) in [7, 11) is -1.42. The molecule has 0 aromatic heterocycles. The molecule has 1 N–H and O–H groups in total. The lowest BCUT2D eigenvalue weighted by Gasteiger charge is -2.35. The highest BCUT2D eigenvalue weighted by Crippen LogP contribution is 2.63. The Labute approximate surface area is 176 Å². The Morgan fingerprint density at radius 2 is 1.69 bits per heavy atom. The summed E-state index contributed by atoms with van der Waals surface area (Å²) < 4.78 is 29.2. The van der Waals surface area contributed by atoms with Gasteiger partial charge in [0, 0.05) is 36.4 Å². The Morgan fingerprint density at radius 3 is 2.21 bits per heavy atom. The number of ether oxygens (including phenoxy) is 1. The maximum absolute atomic E-state index is 13.7. The van der Waals surface area contributed by atoms with E-state index in [0.717, 1.165) is 5.56 Å². The highest BCUT2D eigenvalue weighted by molar-refractivity contribution is 7.55. The van der Waals surface area contributed by atoms with E-state index < -0.39 is 18.8 Å². The molecule has 0 saturated heterocycles. The van der Waals surface area contributed by atoms with Crippen LogP contribution in [0.5, 0.6) is 0 Å². The van der Waals surface area contributed by atoms with Gasteiger partial charge >= 0.3 is 13.6 Å². The molecule has 2 rings (SSSR count). The maximum atomic E-state index is 13.7. The van der Waals surface area contributed by atoms with Gasteiger partial charge in [0.05, 0.1) is 6.61 Å². The topological polar surface area (TPSA) is 73.9 Å². The monoisotopic (exact) mass is 435 g/mol. The van der Waals surface area contributed by atoms with Crippen LogP contribution >= 0.6 is 19.2 Å². The van der Waals surface area contributed by atoms with E-state index >= 15 is 0 Å². The van der Waals surface area contributed by atoms with Crippen molar-refractivity contribution >= 4 is 30.9 Å². The van der Waals surface area contributed by atoms with Crippen LogP contribution in [0.1, 0.15) is 18.1 Å². The summed E-state index contributed by atoms with van der Waals surface area (Å²) in [4.78, 5) is 12.0. The number of hydrogen-bond acceptors (Lipinski definition) is 6. The molecule has 0 radical (unpaired) electrons. The molecule has 1 unspecified atom stereocenters. The number of carbonyl (C=O) groups is 1. The second-order valence-electron chi connectivity index (χ2n) is 6.04. The Bertz CT molecular complexity index is 942. The van der Waals surface area contributed by atoms with Gasteiger partial charge in [0.25, 0.3) is 0 Å². The number of anilines is 1. The zero-order chi connectivity index (χ0) is 21.5. The number of aryl methyl sites for hydroxylation is 1. The number of carbonyl (C=O) groups excluding carboxylic acids is 1. The van der Waals surface area contributed by atoms with Crippen LogP contribution in [0.4, 0.5) is 5.69 Å². The fraction of sp³-hybridized carbons (Fsp3) is 0.286. The molecule has 154 valence electrons. The van der Waals surface area contributed by atoms with Gasteiger partial charge in [-0.2, -0.15) is 0 Å². The average molecular weight is 436 g/mol. The number of rotatable bonds is 7. The summed E-state index contributed by atoms with van der Waals surface area (Å²) in [5.41, 5.74) is 2.11. The molecule has 0 fully saturated rings. The van der Waals surface area contributed by atoms with Crippen molar-refractivity contribution in [1.29, 1.82) is 0 Å². The Balaban J connectivity index is 2.75. The summed E-state index contributed by atoms with van der Waals surface area (Å²) in [6.45, 7) is 3.79. The second-order valence-corrected chi connectivity index (χ2v) is 8.87. The molecule has 2 aromatic carbocycles. The summed E-state index contributed by atoms with van der Waals surface area (Å²) in [5, 5.41) is 1.95. The quantitative estimate of drug-likeness (QED) is 0.286. The van der Waals surface area contributed by atoms with Gasteiger partial charge in [0.15, 0.2) is 0 Å². The number of nitrogens with one attached hydrogen (secondary N) is 1. The predicted molar refractivity (Wildman–Crippen MR) is 114 cm³/mol. The third-order valence-corrected chi connectivity index (χ3v) is 6.67. The van der Waals surface area contributed by atoms with Crippen LogP contribution in [0.15, 0.2) is 48.5 Å². The first-order valence-corrected chi connectivity index (χ1v) is 10.7. The van der Waals surface area contributed by atoms with Gasteiger partial charge in [-0.1, -0.05) is 41.4 Å². The van der Waals surface area contributed by atoms with E-state index in [1.807, 2.05) is 31.2 Å². The molecule has 0 bridgehead atoms. The van der Waals surface area contributed by atoms with Crippen LogP contribution in [-0.2, 0) is 28.4 Å². The van der Waals surface area contributed by atoms with Gasteiger partial charge in [-0.3, -0.25) is 4.57 Å². The van der Waals surface area contributed by atoms with Gasteiger partial charge in [0.2, 0.25) is 5.28 Å². The first-order chi connectivity index (χ1) is 13.8. The molecule has 0 spiro atoms. The van der Waals surface area contributed by atoms with Gasteiger partial charge in [-0.05, 0) is 44.0 Å². The molecule has 0 amide bonds. The van der Waals surface area contributed by atoms with Crippen molar-refractivity contribution in [3.05, 3.63) is 64.7 Å². The summed E-state index contributed by atoms with van der Waals surface area (Å²) in [6.07, 6.45) is 0. The lowest BCUT2D eigenvalue weighted by atomic mass is 10.1. The van der Waals surface area contributed by atoms with E-state index in [9.17, 15) is 9.36 Å². The molecular weight excluding hydrogens is 413 g/mol. The fourth-order valence-corrected chi connectivity index (χ4v) is 4.41. The predicted octanol–water partition coefficient (Wildman–Crippen LogP) is 4.97. The third kappa shape index (κ3) is 5.20. The van der Waals surface area contributed by atoms with E-state index in [1.54, 1.807) is 31.2 Å². The molecule has 8 heteroatoms.